The second-order valence-corrected chi connectivity index (χ2v) is 7.98. The van der Waals surface area contributed by atoms with Crippen LogP contribution >= 0.6 is 0 Å². The molecule has 1 amide bonds. The number of carbonyl (C=O) groups is 2. The summed E-state index contributed by atoms with van der Waals surface area (Å²) in [5.74, 6) is -0.345. The molecule has 0 saturated carbocycles. The molecular weight excluding hydrogens is 383 g/mol. The average molecular weight is 410 g/mol. The van der Waals surface area contributed by atoms with Crippen molar-refractivity contribution in [1.29, 1.82) is 0 Å². The number of anilines is 1. The molecule has 1 aliphatic rings. The van der Waals surface area contributed by atoms with E-state index in [1.807, 2.05) is 31.2 Å². The number of aromatic amines is 1. The smallest absolute Gasteiger partial charge is 0.279 e. The molecule has 7 heteroatoms. The second kappa shape index (κ2) is 8.77. The van der Waals surface area contributed by atoms with Crippen LogP contribution in [0.4, 0.5) is 10.1 Å². The molecular formula is C23H27FN4O2+2. The Kier molecular flexibility index (Phi) is 5.92. The van der Waals surface area contributed by atoms with Crippen molar-refractivity contribution in [2.75, 3.05) is 38.0 Å². The van der Waals surface area contributed by atoms with Gasteiger partial charge in [0, 0.05) is 28.4 Å². The number of benzene rings is 2. The van der Waals surface area contributed by atoms with E-state index in [1.54, 1.807) is 18.3 Å². The third kappa shape index (κ3) is 4.42. The van der Waals surface area contributed by atoms with Crippen LogP contribution in [0.2, 0.25) is 0 Å². The topological polar surface area (TPSA) is 70.8 Å². The van der Waals surface area contributed by atoms with E-state index < -0.39 is 0 Å². The van der Waals surface area contributed by atoms with Crippen LogP contribution in [0.5, 0.6) is 0 Å². The Morgan fingerprint density at radius 2 is 1.87 bits per heavy atom. The molecule has 1 fully saturated rings. The van der Waals surface area contributed by atoms with Crippen molar-refractivity contribution >= 4 is 28.3 Å². The van der Waals surface area contributed by atoms with Crippen molar-refractivity contribution in [2.24, 2.45) is 0 Å². The van der Waals surface area contributed by atoms with Crippen molar-refractivity contribution in [3.8, 4) is 0 Å². The summed E-state index contributed by atoms with van der Waals surface area (Å²) in [4.78, 5) is 30.9. The molecule has 2 heterocycles. The number of amides is 1. The van der Waals surface area contributed by atoms with Gasteiger partial charge in [0.1, 0.15) is 38.0 Å². The van der Waals surface area contributed by atoms with Crippen LogP contribution in [-0.2, 0) is 4.79 Å². The highest BCUT2D eigenvalue weighted by Gasteiger charge is 2.33. The van der Waals surface area contributed by atoms with Gasteiger partial charge in [-0.15, -0.1) is 0 Å². The fourth-order valence-corrected chi connectivity index (χ4v) is 4.23. The molecule has 4 rings (SSSR count). The van der Waals surface area contributed by atoms with Crippen molar-refractivity contribution in [3.63, 3.8) is 0 Å². The quantitative estimate of drug-likeness (QED) is 0.442. The van der Waals surface area contributed by atoms with Gasteiger partial charge in [-0.1, -0.05) is 24.3 Å². The molecule has 4 N–H and O–H groups in total. The molecule has 0 spiro atoms. The van der Waals surface area contributed by atoms with E-state index in [0.717, 1.165) is 42.6 Å². The number of hydrogen-bond acceptors (Lipinski definition) is 2. The van der Waals surface area contributed by atoms with E-state index in [4.69, 9.17) is 0 Å². The van der Waals surface area contributed by atoms with Gasteiger partial charge in [-0.25, -0.2) is 4.39 Å². The SMILES string of the molecule is C[C@@H](C(=O)c1c[nH]c2ccccc12)[NH+]1CC[NH+](CC(=O)Nc2cccc(F)c2)CC1. The monoisotopic (exact) mass is 410 g/mol. The molecule has 0 aliphatic carbocycles. The molecule has 2 aromatic carbocycles. The summed E-state index contributed by atoms with van der Waals surface area (Å²) in [6.07, 6.45) is 1.81. The van der Waals surface area contributed by atoms with Crippen LogP contribution in [0.1, 0.15) is 17.3 Å². The van der Waals surface area contributed by atoms with E-state index >= 15 is 0 Å². The van der Waals surface area contributed by atoms with E-state index in [1.165, 1.54) is 21.9 Å². The minimum Gasteiger partial charge on any atom is -0.360 e. The lowest BCUT2D eigenvalue weighted by Gasteiger charge is -2.32. The Labute approximate surface area is 174 Å². The first-order valence-corrected chi connectivity index (χ1v) is 10.3. The number of halogens is 1. The number of ketones is 1. The molecule has 1 aromatic heterocycles. The highest BCUT2D eigenvalue weighted by molar-refractivity contribution is 6.09. The molecule has 0 unspecified atom stereocenters. The van der Waals surface area contributed by atoms with Gasteiger partial charge in [-0.2, -0.15) is 0 Å². The molecule has 30 heavy (non-hydrogen) atoms. The van der Waals surface area contributed by atoms with Crippen LogP contribution in [0, 0.1) is 5.82 Å². The first-order valence-electron chi connectivity index (χ1n) is 10.3. The van der Waals surface area contributed by atoms with E-state index in [9.17, 15) is 14.0 Å². The maximum absolute atomic E-state index is 13.3. The molecule has 3 aromatic rings. The van der Waals surface area contributed by atoms with Gasteiger partial charge < -0.3 is 20.1 Å². The van der Waals surface area contributed by atoms with Crippen molar-refractivity contribution in [2.45, 2.75) is 13.0 Å². The lowest BCUT2D eigenvalue weighted by Crippen LogP contribution is -3.30. The van der Waals surface area contributed by atoms with Crippen LogP contribution < -0.4 is 15.1 Å². The van der Waals surface area contributed by atoms with E-state index in [0.29, 0.717) is 12.2 Å². The number of hydrogen-bond donors (Lipinski definition) is 4. The van der Waals surface area contributed by atoms with Gasteiger partial charge in [-0.3, -0.25) is 9.59 Å². The predicted molar refractivity (Wildman–Crippen MR) is 113 cm³/mol. The summed E-state index contributed by atoms with van der Waals surface area (Å²) in [6.45, 7) is 5.63. The Morgan fingerprint density at radius 3 is 2.63 bits per heavy atom. The number of fused-ring (bicyclic) bond motifs is 1. The van der Waals surface area contributed by atoms with Crippen LogP contribution in [0.25, 0.3) is 10.9 Å². The molecule has 0 bridgehead atoms. The first kappa shape index (κ1) is 20.3. The normalized spacial score (nSPS) is 20.1. The zero-order chi connectivity index (χ0) is 21.1. The molecule has 6 nitrogen and oxygen atoms in total. The average Bonchev–Trinajstić information content (AvgIpc) is 3.17. The largest absolute Gasteiger partial charge is 0.360 e. The minimum absolute atomic E-state index is 0.123. The fraction of sp³-hybridized carbons (Fsp3) is 0.304. The van der Waals surface area contributed by atoms with Gasteiger partial charge >= 0.3 is 0 Å². The highest BCUT2D eigenvalue weighted by Crippen LogP contribution is 2.18. The number of carbonyl (C=O) groups excluding carboxylic acids is 2. The number of rotatable bonds is 6. The van der Waals surface area contributed by atoms with Crippen molar-refractivity contribution in [3.05, 3.63) is 66.1 Å². The maximum atomic E-state index is 13.3. The number of quaternary nitrogens is 2. The fourth-order valence-electron chi connectivity index (χ4n) is 4.23. The van der Waals surface area contributed by atoms with Gasteiger partial charge in [0.05, 0.1) is 0 Å². The third-order valence-corrected chi connectivity index (χ3v) is 5.98. The lowest BCUT2D eigenvalue weighted by atomic mass is 10.0. The van der Waals surface area contributed by atoms with Crippen molar-refractivity contribution in [1.82, 2.24) is 4.98 Å². The molecule has 1 aliphatic heterocycles. The lowest BCUT2D eigenvalue weighted by molar-refractivity contribution is -1.01. The van der Waals surface area contributed by atoms with Crippen LogP contribution in [0.15, 0.2) is 54.7 Å². The number of aromatic nitrogens is 1. The van der Waals surface area contributed by atoms with Crippen LogP contribution in [0.3, 0.4) is 0 Å². The number of nitrogens with one attached hydrogen (secondary N) is 4. The third-order valence-electron chi connectivity index (χ3n) is 5.98. The summed E-state index contributed by atoms with van der Waals surface area (Å²) in [6, 6.07) is 13.6. The van der Waals surface area contributed by atoms with Crippen molar-refractivity contribution < 1.29 is 23.8 Å². The zero-order valence-corrected chi connectivity index (χ0v) is 17.0. The summed E-state index contributed by atoms with van der Waals surface area (Å²) in [5, 5.41) is 3.72. The highest BCUT2D eigenvalue weighted by atomic mass is 19.1. The van der Waals surface area contributed by atoms with Gasteiger partial charge in [0.15, 0.2) is 6.54 Å². The van der Waals surface area contributed by atoms with E-state index in [-0.39, 0.29) is 23.5 Å². The maximum Gasteiger partial charge on any atom is 0.279 e. The van der Waals surface area contributed by atoms with E-state index in [2.05, 4.69) is 10.3 Å². The summed E-state index contributed by atoms with van der Waals surface area (Å²) in [7, 11) is 0. The molecule has 0 radical (unpaired) electrons. The molecule has 1 atom stereocenters. The standard InChI is InChI=1S/C23H25FN4O2/c1-16(23(30)20-14-25-21-8-3-2-7-19(20)21)28-11-9-27(10-12-28)15-22(29)26-18-6-4-5-17(24)13-18/h2-8,13-14,16,25H,9-12,15H2,1H3,(H,26,29)/p+2/t16-/m0/s1. The Bertz CT molecular complexity index is 1060. The number of piperazine rings is 1. The molecule has 1 saturated heterocycles. The number of Topliss-reactive ketones (excluding diaryl/α,β-unsaturated/α-hetero) is 1. The van der Waals surface area contributed by atoms with Crippen LogP contribution in [-0.4, -0.2) is 55.4 Å². The molecule has 156 valence electrons. The summed E-state index contributed by atoms with van der Waals surface area (Å²) in [5.41, 5.74) is 2.19. The minimum atomic E-state index is -0.369. The number of H-pyrrole nitrogens is 1. The summed E-state index contributed by atoms with van der Waals surface area (Å²) >= 11 is 0. The Hall–Kier alpha value is -3.03. The van der Waals surface area contributed by atoms with Gasteiger partial charge in [-0.05, 0) is 31.2 Å². The zero-order valence-electron chi connectivity index (χ0n) is 17.0. The number of para-hydroxylation sites is 1. The second-order valence-electron chi connectivity index (χ2n) is 7.98. The first-order chi connectivity index (χ1) is 14.5. The summed E-state index contributed by atoms with van der Waals surface area (Å²) < 4.78 is 13.3. The predicted octanol–water partition coefficient (Wildman–Crippen LogP) is 0.300. The van der Waals surface area contributed by atoms with Gasteiger partial charge in [0.2, 0.25) is 5.78 Å². The Morgan fingerprint density at radius 1 is 1.10 bits per heavy atom. The Balaban J connectivity index is 1.30. The van der Waals surface area contributed by atoms with Gasteiger partial charge in [0.25, 0.3) is 5.91 Å².